The number of aliphatic hydroxyl groups is 1. The molecule has 29 heavy (non-hydrogen) atoms. The third-order valence-corrected chi connectivity index (χ3v) is 5.78. The Morgan fingerprint density at radius 1 is 1.24 bits per heavy atom. The molecule has 1 aliphatic rings. The standard InChI is InChI=1S/C22H27N5O2/c1-3-27-14-20(21(24-27)17-11-23-25(2)12-17)22(29)26-10-9-19(18(13-26)15-28)16-7-5-4-6-8-16/h4-8,11-12,14,18-19,28H,3,9-10,13,15H2,1-2H3/t18-,19+/m1/s1. The molecule has 152 valence electrons. The average Bonchev–Trinajstić information content (AvgIpc) is 3.39. The highest BCUT2D eigenvalue weighted by molar-refractivity contribution is 5.99. The molecule has 7 heteroatoms. The zero-order valence-electron chi connectivity index (χ0n) is 16.9. The number of piperidine rings is 1. The lowest BCUT2D eigenvalue weighted by Crippen LogP contribution is -2.44. The molecule has 4 rings (SSSR count). The number of aliphatic hydroxyl groups excluding tert-OH is 1. The first-order valence-corrected chi connectivity index (χ1v) is 10.1. The number of likely N-dealkylation sites (tertiary alicyclic amines) is 1. The van der Waals surface area contributed by atoms with Crippen LogP contribution in [-0.2, 0) is 13.6 Å². The van der Waals surface area contributed by atoms with Crippen molar-refractivity contribution in [3.05, 3.63) is 60.0 Å². The molecule has 0 saturated carbocycles. The van der Waals surface area contributed by atoms with Gasteiger partial charge in [0.15, 0.2) is 0 Å². The second-order valence-corrected chi connectivity index (χ2v) is 7.65. The summed E-state index contributed by atoms with van der Waals surface area (Å²) >= 11 is 0. The van der Waals surface area contributed by atoms with Crippen molar-refractivity contribution >= 4 is 5.91 Å². The van der Waals surface area contributed by atoms with Crippen LogP contribution in [0.15, 0.2) is 48.9 Å². The molecule has 1 N–H and O–H groups in total. The van der Waals surface area contributed by atoms with Crippen molar-refractivity contribution < 1.29 is 9.90 Å². The summed E-state index contributed by atoms with van der Waals surface area (Å²) < 4.78 is 3.50. The SMILES string of the molecule is CCn1cc(C(=O)N2CC[C@@H](c3ccccc3)[C@@H](CO)C2)c(-c2cnn(C)c2)n1. The number of aryl methyl sites for hydroxylation is 2. The van der Waals surface area contributed by atoms with Gasteiger partial charge >= 0.3 is 0 Å². The summed E-state index contributed by atoms with van der Waals surface area (Å²) in [7, 11) is 1.85. The third-order valence-electron chi connectivity index (χ3n) is 5.78. The Balaban J connectivity index is 1.58. The quantitative estimate of drug-likeness (QED) is 0.723. The van der Waals surface area contributed by atoms with E-state index >= 15 is 0 Å². The maximum Gasteiger partial charge on any atom is 0.257 e. The maximum absolute atomic E-state index is 13.4. The molecule has 2 atom stereocenters. The van der Waals surface area contributed by atoms with Crippen LogP contribution < -0.4 is 0 Å². The second kappa shape index (κ2) is 8.21. The average molecular weight is 393 g/mol. The Bertz CT molecular complexity index is 978. The number of aromatic nitrogens is 4. The lowest BCUT2D eigenvalue weighted by molar-refractivity contribution is 0.0578. The normalized spacial score (nSPS) is 19.5. The molecule has 0 aliphatic carbocycles. The molecule has 1 aliphatic heterocycles. The lowest BCUT2D eigenvalue weighted by atomic mass is 9.80. The number of hydrogen-bond acceptors (Lipinski definition) is 4. The summed E-state index contributed by atoms with van der Waals surface area (Å²) in [5, 5.41) is 18.8. The van der Waals surface area contributed by atoms with E-state index in [9.17, 15) is 9.90 Å². The first-order chi connectivity index (χ1) is 14.1. The molecule has 0 radical (unpaired) electrons. The molecule has 7 nitrogen and oxygen atoms in total. The molecule has 0 bridgehead atoms. The number of hydrogen-bond donors (Lipinski definition) is 1. The van der Waals surface area contributed by atoms with Crippen LogP contribution in [-0.4, -0.2) is 55.2 Å². The predicted octanol–water partition coefficient (Wildman–Crippen LogP) is 2.54. The van der Waals surface area contributed by atoms with E-state index in [0.29, 0.717) is 30.9 Å². The van der Waals surface area contributed by atoms with Gasteiger partial charge in [-0.25, -0.2) is 0 Å². The summed E-state index contributed by atoms with van der Waals surface area (Å²) in [4.78, 5) is 15.3. The number of carbonyl (C=O) groups is 1. The second-order valence-electron chi connectivity index (χ2n) is 7.65. The summed E-state index contributed by atoms with van der Waals surface area (Å²) in [6.07, 6.45) is 6.27. The van der Waals surface area contributed by atoms with Crippen molar-refractivity contribution in [2.45, 2.75) is 25.8 Å². The topological polar surface area (TPSA) is 76.2 Å². The molecule has 2 aromatic heterocycles. The van der Waals surface area contributed by atoms with E-state index in [1.54, 1.807) is 15.6 Å². The van der Waals surface area contributed by atoms with E-state index < -0.39 is 0 Å². The molecule has 3 aromatic rings. The van der Waals surface area contributed by atoms with Gasteiger partial charge in [0.25, 0.3) is 5.91 Å². The first-order valence-electron chi connectivity index (χ1n) is 10.1. The largest absolute Gasteiger partial charge is 0.396 e. The van der Waals surface area contributed by atoms with Crippen LogP contribution in [0.4, 0.5) is 0 Å². The molecule has 0 spiro atoms. The van der Waals surface area contributed by atoms with Gasteiger partial charge in [-0.1, -0.05) is 30.3 Å². The highest BCUT2D eigenvalue weighted by Crippen LogP contribution is 2.34. The zero-order valence-corrected chi connectivity index (χ0v) is 16.9. The van der Waals surface area contributed by atoms with Gasteiger partial charge in [0, 0.05) is 57.2 Å². The van der Waals surface area contributed by atoms with Gasteiger partial charge in [0.05, 0.1) is 11.8 Å². The van der Waals surface area contributed by atoms with Gasteiger partial charge in [-0.3, -0.25) is 14.2 Å². The Kier molecular flexibility index (Phi) is 5.49. The van der Waals surface area contributed by atoms with Gasteiger partial charge in [-0.2, -0.15) is 10.2 Å². The Morgan fingerprint density at radius 2 is 2.03 bits per heavy atom. The van der Waals surface area contributed by atoms with Crippen LogP contribution in [0, 0.1) is 5.92 Å². The predicted molar refractivity (Wildman–Crippen MR) is 110 cm³/mol. The minimum atomic E-state index is -0.0338. The van der Waals surface area contributed by atoms with Crippen LogP contribution in [0.2, 0.25) is 0 Å². The summed E-state index contributed by atoms with van der Waals surface area (Å²) in [5.41, 5.74) is 3.32. The van der Waals surface area contributed by atoms with Crippen LogP contribution in [0.3, 0.4) is 0 Å². The van der Waals surface area contributed by atoms with Crippen LogP contribution >= 0.6 is 0 Å². The van der Waals surface area contributed by atoms with Crippen LogP contribution in [0.1, 0.15) is 35.2 Å². The maximum atomic E-state index is 13.4. The molecule has 0 unspecified atom stereocenters. The van der Waals surface area contributed by atoms with E-state index in [4.69, 9.17) is 0 Å². The van der Waals surface area contributed by atoms with Crippen LogP contribution in [0.25, 0.3) is 11.3 Å². The summed E-state index contributed by atoms with van der Waals surface area (Å²) in [6, 6.07) is 10.3. The fourth-order valence-electron chi connectivity index (χ4n) is 4.21. The van der Waals surface area contributed by atoms with Gasteiger partial charge in [-0.05, 0) is 24.8 Å². The van der Waals surface area contributed by atoms with Crippen LogP contribution in [0.5, 0.6) is 0 Å². The van der Waals surface area contributed by atoms with Crippen molar-refractivity contribution in [2.24, 2.45) is 13.0 Å². The lowest BCUT2D eigenvalue weighted by Gasteiger charge is -2.38. The van der Waals surface area contributed by atoms with E-state index in [2.05, 4.69) is 22.3 Å². The van der Waals surface area contributed by atoms with Crippen molar-refractivity contribution in [2.75, 3.05) is 19.7 Å². The van der Waals surface area contributed by atoms with Crippen molar-refractivity contribution in [1.29, 1.82) is 0 Å². The number of amides is 1. The fraction of sp³-hybridized carbons (Fsp3) is 0.409. The van der Waals surface area contributed by atoms with Gasteiger partial charge in [0.2, 0.25) is 0 Å². The fourth-order valence-corrected chi connectivity index (χ4v) is 4.21. The molecule has 1 fully saturated rings. The van der Waals surface area contributed by atoms with E-state index in [1.165, 1.54) is 5.56 Å². The molecule has 1 aromatic carbocycles. The molecular formula is C22H27N5O2. The van der Waals surface area contributed by atoms with Gasteiger partial charge < -0.3 is 10.0 Å². The minimum Gasteiger partial charge on any atom is -0.396 e. The monoisotopic (exact) mass is 393 g/mol. The highest BCUT2D eigenvalue weighted by atomic mass is 16.3. The number of rotatable bonds is 5. The van der Waals surface area contributed by atoms with E-state index in [-0.39, 0.29) is 24.3 Å². The Hall–Kier alpha value is -2.93. The van der Waals surface area contributed by atoms with E-state index in [0.717, 1.165) is 12.0 Å². The van der Waals surface area contributed by atoms with Crippen molar-refractivity contribution in [3.63, 3.8) is 0 Å². The minimum absolute atomic E-state index is 0.0261. The molecule has 1 amide bonds. The summed E-state index contributed by atoms with van der Waals surface area (Å²) in [5.74, 6) is 0.257. The van der Waals surface area contributed by atoms with Gasteiger partial charge in [-0.15, -0.1) is 0 Å². The Morgan fingerprint density at radius 3 is 2.69 bits per heavy atom. The number of carbonyl (C=O) groups excluding carboxylic acids is 1. The third kappa shape index (κ3) is 3.82. The first kappa shape index (κ1) is 19.4. The molecule has 1 saturated heterocycles. The molecule has 3 heterocycles. The summed E-state index contributed by atoms with van der Waals surface area (Å²) in [6.45, 7) is 3.96. The van der Waals surface area contributed by atoms with Crippen molar-refractivity contribution in [1.82, 2.24) is 24.5 Å². The van der Waals surface area contributed by atoms with E-state index in [1.807, 2.05) is 49.5 Å². The van der Waals surface area contributed by atoms with Gasteiger partial charge in [0.1, 0.15) is 5.69 Å². The van der Waals surface area contributed by atoms with Crippen molar-refractivity contribution in [3.8, 4) is 11.3 Å². The highest BCUT2D eigenvalue weighted by Gasteiger charge is 2.33. The Labute approximate surface area is 170 Å². The molecular weight excluding hydrogens is 366 g/mol. The smallest absolute Gasteiger partial charge is 0.257 e. The zero-order chi connectivity index (χ0) is 20.4. The number of benzene rings is 1. The number of nitrogens with zero attached hydrogens (tertiary/aromatic N) is 5.